The summed E-state index contributed by atoms with van der Waals surface area (Å²) in [6.07, 6.45) is 3.02. The van der Waals surface area contributed by atoms with Crippen LogP contribution in [0.25, 0.3) is 0 Å². The van der Waals surface area contributed by atoms with Gasteiger partial charge in [0, 0.05) is 24.1 Å². The average Bonchev–Trinajstić information content (AvgIpc) is 3.07. The summed E-state index contributed by atoms with van der Waals surface area (Å²) < 4.78 is 16.0. The Morgan fingerprint density at radius 2 is 1.78 bits per heavy atom. The zero-order valence-corrected chi connectivity index (χ0v) is 14.1. The summed E-state index contributed by atoms with van der Waals surface area (Å²) >= 11 is 0. The Kier molecular flexibility index (Phi) is 6.10. The van der Waals surface area contributed by atoms with Gasteiger partial charge in [0.2, 0.25) is 5.91 Å². The first-order valence-corrected chi connectivity index (χ1v) is 7.91. The lowest BCUT2D eigenvalue weighted by atomic mass is 9.95. The molecule has 3 N–H and O–H groups in total. The molecule has 1 fully saturated rings. The van der Waals surface area contributed by atoms with E-state index in [9.17, 15) is 4.79 Å². The van der Waals surface area contributed by atoms with Gasteiger partial charge in [-0.25, -0.2) is 0 Å². The molecule has 1 aliphatic rings. The van der Waals surface area contributed by atoms with E-state index in [0.717, 1.165) is 24.8 Å². The maximum atomic E-state index is 12.4. The molecular weight excluding hydrogens is 296 g/mol. The second-order valence-corrected chi connectivity index (χ2v) is 5.77. The van der Waals surface area contributed by atoms with Gasteiger partial charge in [0.1, 0.15) is 5.75 Å². The molecule has 1 aromatic rings. The summed E-state index contributed by atoms with van der Waals surface area (Å²) in [5.74, 6) is 2.24. The quantitative estimate of drug-likeness (QED) is 0.798. The lowest BCUT2D eigenvalue weighted by Crippen LogP contribution is -2.34. The number of nitrogens with two attached hydrogens (primary N) is 1. The van der Waals surface area contributed by atoms with Gasteiger partial charge in [0.15, 0.2) is 11.5 Å². The smallest absolute Gasteiger partial charge is 0.223 e. The monoisotopic (exact) mass is 322 g/mol. The minimum atomic E-state index is 0.0196. The van der Waals surface area contributed by atoms with Crippen LogP contribution in [-0.4, -0.2) is 33.8 Å². The molecule has 0 bridgehead atoms. The Morgan fingerprint density at radius 3 is 2.39 bits per heavy atom. The van der Waals surface area contributed by atoms with Crippen molar-refractivity contribution in [1.29, 1.82) is 0 Å². The first-order valence-electron chi connectivity index (χ1n) is 7.91. The minimum Gasteiger partial charge on any atom is -0.496 e. The van der Waals surface area contributed by atoms with Crippen molar-refractivity contribution < 1.29 is 19.0 Å². The Balaban J connectivity index is 2.08. The number of carbonyl (C=O) groups excluding carboxylic acids is 1. The number of nitrogens with one attached hydrogen (secondary N) is 1. The Morgan fingerprint density at radius 1 is 1.13 bits per heavy atom. The van der Waals surface area contributed by atoms with E-state index < -0.39 is 0 Å². The molecule has 2 atom stereocenters. The topological polar surface area (TPSA) is 82.8 Å². The Bertz CT molecular complexity index is 548. The van der Waals surface area contributed by atoms with Crippen LogP contribution in [0.3, 0.4) is 0 Å². The molecule has 1 amide bonds. The zero-order valence-electron chi connectivity index (χ0n) is 14.1. The van der Waals surface area contributed by atoms with Crippen LogP contribution in [0, 0.1) is 11.8 Å². The third kappa shape index (κ3) is 3.88. The number of rotatable bonds is 7. The van der Waals surface area contributed by atoms with Crippen LogP contribution >= 0.6 is 0 Å². The molecule has 6 heteroatoms. The van der Waals surface area contributed by atoms with E-state index in [1.54, 1.807) is 27.4 Å². The van der Waals surface area contributed by atoms with Crippen LogP contribution < -0.4 is 25.3 Å². The van der Waals surface area contributed by atoms with Crippen LogP contribution in [-0.2, 0) is 11.3 Å². The summed E-state index contributed by atoms with van der Waals surface area (Å²) in [6.45, 7) is 0.952. The molecule has 1 aromatic carbocycles. The van der Waals surface area contributed by atoms with Gasteiger partial charge in [-0.05, 0) is 31.4 Å². The van der Waals surface area contributed by atoms with Crippen LogP contribution in [0.5, 0.6) is 17.2 Å². The lowest BCUT2D eigenvalue weighted by Gasteiger charge is -2.19. The van der Waals surface area contributed by atoms with Gasteiger partial charge in [-0.15, -0.1) is 0 Å². The van der Waals surface area contributed by atoms with Gasteiger partial charge in [-0.3, -0.25) is 4.79 Å². The molecule has 0 spiro atoms. The summed E-state index contributed by atoms with van der Waals surface area (Å²) in [7, 11) is 4.75. The van der Waals surface area contributed by atoms with Crippen molar-refractivity contribution >= 4 is 5.91 Å². The second kappa shape index (κ2) is 8.06. The molecule has 6 nitrogen and oxygen atoms in total. The molecule has 0 aliphatic heterocycles. The minimum absolute atomic E-state index is 0.0196. The fourth-order valence-corrected chi connectivity index (χ4v) is 3.21. The van der Waals surface area contributed by atoms with E-state index in [1.165, 1.54) is 0 Å². The Labute approximate surface area is 137 Å². The normalized spacial score (nSPS) is 20.2. The highest BCUT2D eigenvalue weighted by atomic mass is 16.5. The van der Waals surface area contributed by atoms with Crippen LogP contribution in [0.4, 0.5) is 0 Å². The fraction of sp³-hybridized carbons (Fsp3) is 0.588. The van der Waals surface area contributed by atoms with E-state index in [-0.39, 0.29) is 11.8 Å². The first-order chi connectivity index (χ1) is 11.1. The van der Waals surface area contributed by atoms with E-state index in [0.29, 0.717) is 36.3 Å². The summed E-state index contributed by atoms with van der Waals surface area (Å²) in [5, 5.41) is 3.00. The maximum absolute atomic E-state index is 12.4. The largest absolute Gasteiger partial charge is 0.496 e. The predicted molar refractivity (Wildman–Crippen MR) is 87.8 cm³/mol. The van der Waals surface area contributed by atoms with Crippen molar-refractivity contribution in [2.75, 3.05) is 27.9 Å². The molecule has 1 aliphatic carbocycles. The molecule has 0 aromatic heterocycles. The molecule has 0 heterocycles. The Hall–Kier alpha value is -1.95. The van der Waals surface area contributed by atoms with Gasteiger partial charge in [0.25, 0.3) is 0 Å². The van der Waals surface area contributed by atoms with Crippen molar-refractivity contribution in [3.63, 3.8) is 0 Å². The van der Waals surface area contributed by atoms with Gasteiger partial charge in [-0.2, -0.15) is 0 Å². The second-order valence-electron chi connectivity index (χ2n) is 5.77. The van der Waals surface area contributed by atoms with Gasteiger partial charge >= 0.3 is 0 Å². The van der Waals surface area contributed by atoms with E-state index in [2.05, 4.69) is 5.32 Å². The lowest BCUT2D eigenvalue weighted by molar-refractivity contribution is -0.126. The molecule has 0 saturated heterocycles. The highest BCUT2D eigenvalue weighted by molar-refractivity contribution is 5.79. The molecule has 23 heavy (non-hydrogen) atoms. The molecular formula is C17H26N2O4. The van der Waals surface area contributed by atoms with Crippen molar-refractivity contribution in [2.24, 2.45) is 17.6 Å². The molecule has 2 rings (SSSR count). The molecule has 1 saturated carbocycles. The van der Waals surface area contributed by atoms with Crippen molar-refractivity contribution in [3.05, 3.63) is 17.7 Å². The SMILES string of the molecule is COc1cc(OC)c(OC)cc1CNC(=O)[C@@H]1CCC[C@@H]1CN. The number of methoxy groups -OCH3 is 3. The van der Waals surface area contributed by atoms with Crippen LogP contribution in [0.2, 0.25) is 0 Å². The highest BCUT2D eigenvalue weighted by Crippen LogP contribution is 2.35. The standard InChI is InChI=1S/C17H26N2O4/c1-21-14-8-16(23-3)15(22-2)7-12(14)10-19-17(20)13-6-4-5-11(13)9-18/h7-8,11,13H,4-6,9-10,18H2,1-3H3,(H,19,20)/t11-,13-/m1/s1. The highest BCUT2D eigenvalue weighted by Gasteiger charge is 2.31. The molecule has 128 valence electrons. The fourth-order valence-electron chi connectivity index (χ4n) is 3.21. The number of benzene rings is 1. The van der Waals surface area contributed by atoms with Gasteiger partial charge in [0.05, 0.1) is 21.3 Å². The van der Waals surface area contributed by atoms with Crippen molar-refractivity contribution in [3.8, 4) is 17.2 Å². The molecule has 0 unspecified atom stereocenters. The van der Waals surface area contributed by atoms with Crippen molar-refractivity contribution in [1.82, 2.24) is 5.32 Å². The van der Waals surface area contributed by atoms with Gasteiger partial charge in [-0.1, -0.05) is 6.42 Å². The number of hydrogen-bond acceptors (Lipinski definition) is 5. The van der Waals surface area contributed by atoms with E-state index in [1.807, 2.05) is 6.07 Å². The summed E-state index contributed by atoms with van der Waals surface area (Å²) in [4.78, 5) is 12.4. The molecule has 0 radical (unpaired) electrons. The zero-order chi connectivity index (χ0) is 16.8. The average molecular weight is 322 g/mol. The number of amides is 1. The first kappa shape index (κ1) is 17.4. The number of carbonyl (C=O) groups is 1. The van der Waals surface area contributed by atoms with Crippen LogP contribution in [0.15, 0.2) is 12.1 Å². The number of hydrogen-bond donors (Lipinski definition) is 2. The third-order valence-corrected chi connectivity index (χ3v) is 4.54. The third-order valence-electron chi connectivity index (χ3n) is 4.54. The maximum Gasteiger partial charge on any atom is 0.223 e. The van der Waals surface area contributed by atoms with Gasteiger partial charge < -0.3 is 25.3 Å². The summed E-state index contributed by atoms with van der Waals surface area (Å²) in [6, 6.07) is 3.59. The van der Waals surface area contributed by atoms with Crippen LogP contribution in [0.1, 0.15) is 24.8 Å². The van der Waals surface area contributed by atoms with Crippen molar-refractivity contribution in [2.45, 2.75) is 25.8 Å². The number of ether oxygens (including phenoxy) is 3. The predicted octanol–water partition coefficient (Wildman–Crippen LogP) is 1.70. The van der Waals surface area contributed by atoms with E-state index in [4.69, 9.17) is 19.9 Å². The van der Waals surface area contributed by atoms with E-state index >= 15 is 0 Å². The summed E-state index contributed by atoms with van der Waals surface area (Å²) in [5.41, 5.74) is 6.60.